The van der Waals surface area contributed by atoms with Gasteiger partial charge in [-0.25, -0.2) is 9.97 Å². The van der Waals surface area contributed by atoms with Crippen LogP contribution in [0.1, 0.15) is 17.7 Å². The molecular formula is C9H9BrN6. The zero-order chi connectivity index (χ0) is 11.1. The summed E-state index contributed by atoms with van der Waals surface area (Å²) in [5.74, 6) is 1.01. The van der Waals surface area contributed by atoms with Crippen LogP contribution in [0.5, 0.6) is 0 Å². The van der Waals surface area contributed by atoms with Crippen LogP contribution >= 0.6 is 15.9 Å². The van der Waals surface area contributed by atoms with Gasteiger partial charge in [-0.05, 0) is 35.2 Å². The lowest BCUT2D eigenvalue weighted by atomic mass is 10.2. The van der Waals surface area contributed by atoms with E-state index in [1.165, 1.54) is 0 Å². The molecule has 1 aliphatic carbocycles. The zero-order valence-corrected chi connectivity index (χ0v) is 9.98. The minimum absolute atomic E-state index is 0.234. The second-order valence-corrected chi connectivity index (χ2v) is 4.34. The molecule has 2 N–H and O–H groups in total. The minimum Gasteiger partial charge on any atom is -0.366 e. The number of halogens is 1. The third-order valence-corrected chi connectivity index (χ3v) is 3.15. The summed E-state index contributed by atoms with van der Waals surface area (Å²) in [5, 5.41) is 4.10. The van der Waals surface area contributed by atoms with Gasteiger partial charge in [0.2, 0.25) is 10.7 Å². The molecule has 0 fully saturated rings. The van der Waals surface area contributed by atoms with Crippen LogP contribution in [-0.4, -0.2) is 24.7 Å². The quantitative estimate of drug-likeness (QED) is 0.839. The Kier molecular flexibility index (Phi) is 2.13. The van der Waals surface area contributed by atoms with Crippen molar-refractivity contribution < 1.29 is 0 Å². The molecule has 3 rings (SSSR count). The number of nitrogen functional groups attached to an aromatic ring is 1. The Hall–Kier alpha value is -1.50. The first-order valence-corrected chi connectivity index (χ1v) is 5.76. The highest BCUT2D eigenvalue weighted by atomic mass is 79.9. The third-order valence-electron chi connectivity index (χ3n) is 2.64. The van der Waals surface area contributed by atoms with Crippen molar-refractivity contribution in [2.24, 2.45) is 0 Å². The van der Waals surface area contributed by atoms with Crippen LogP contribution in [0.3, 0.4) is 0 Å². The number of anilines is 1. The summed E-state index contributed by atoms with van der Waals surface area (Å²) in [4.78, 5) is 12.5. The first kappa shape index (κ1) is 9.71. The Bertz CT molecular complexity index is 549. The molecule has 0 saturated heterocycles. The highest BCUT2D eigenvalue weighted by Gasteiger charge is 2.20. The van der Waals surface area contributed by atoms with E-state index in [4.69, 9.17) is 5.73 Å². The molecule has 0 amide bonds. The molecule has 2 heterocycles. The first-order valence-electron chi connectivity index (χ1n) is 4.97. The number of aryl methyl sites for hydroxylation is 1. The van der Waals surface area contributed by atoms with E-state index in [9.17, 15) is 0 Å². The molecule has 0 bridgehead atoms. The molecule has 0 atom stereocenters. The van der Waals surface area contributed by atoms with Crippen molar-refractivity contribution in [3.8, 4) is 5.82 Å². The van der Waals surface area contributed by atoms with Crippen LogP contribution < -0.4 is 5.73 Å². The van der Waals surface area contributed by atoms with Gasteiger partial charge in [-0.15, -0.1) is 5.10 Å². The van der Waals surface area contributed by atoms with Crippen molar-refractivity contribution in [3.63, 3.8) is 0 Å². The molecule has 2 aromatic heterocycles. The minimum atomic E-state index is 0.234. The fourth-order valence-electron chi connectivity index (χ4n) is 1.97. The number of hydrogen-bond acceptors (Lipinski definition) is 5. The van der Waals surface area contributed by atoms with Gasteiger partial charge in [0.1, 0.15) is 6.33 Å². The molecule has 0 radical (unpaired) electrons. The molecule has 6 nitrogen and oxygen atoms in total. The number of fused-ring (bicyclic) bond motifs is 1. The smallest absolute Gasteiger partial charge is 0.240 e. The van der Waals surface area contributed by atoms with Gasteiger partial charge >= 0.3 is 0 Å². The van der Waals surface area contributed by atoms with Gasteiger partial charge in [0.15, 0.2) is 5.82 Å². The molecule has 0 saturated carbocycles. The van der Waals surface area contributed by atoms with E-state index in [0.717, 1.165) is 36.3 Å². The average Bonchev–Trinajstić information content (AvgIpc) is 2.84. The Morgan fingerprint density at radius 1 is 1.31 bits per heavy atom. The van der Waals surface area contributed by atoms with Gasteiger partial charge < -0.3 is 5.73 Å². The standard InChI is InChI=1S/C9H9BrN6/c10-8-14-9(11)15-16(8)7-5-2-1-3-6(5)12-4-13-7/h4H,1-3H2,(H2,11,15). The van der Waals surface area contributed by atoms with Crippen molar-refractivity contribution in [2.75, 3.05) is 5.73 Å². The normalized spacial score (nSPS) is 14.1. The molecular weight excluding hydrogens is 272 g/mol. The largest absolute Gasteiger partial charge is 0.366 e. The first-order chi connectivity index (χ1) is 7.75. The summed E-state index contributed by atoms with van der Waals surface area (Å²) < 4.78 is 2.18. The highest BCUT2D eigenvalue weighted by Crippen LogP contribution is 2.25. The van der Waals surface area contributed by atoms with Gasteiger partial charge in [-0.3, -0.25) is 0 Å². The number of nitrogens with zero attached hydrogens (tertiary/aromatic N) is 5. The maximum absolute atomic E-state index is 5.55. The van der Waals surface area contributed by atoms with E-state index >= 15 is 0 Å². The molecule has 0 unspecified atom stereocenters. The van der Waals surface area contributed by atoms with Crippen LogP contribution in [-0.2, 0) is 12.8 Å². The van der Waals surface area contributed by atoms with Crippen LogP contribution in [0.15, 0.2) is 11.1 Å². The average molecular weight is 281 g/mol. The number of nitrogens with two attached hydrogens (primary N) is 1. The van der Waals surface area contributed by atoms with Gasteiger partial charge in [-0.1, -0.05) is 0 Å². The Labute approximate surface area is 100 Å². The van der Waals surface area contributed by atoms with Gasteiger partial charge in [0.05, 0.1) is 0 Å². The summed E-state index contributed by atoms with van der Waals surface area (Å²) in [7, 11) is 0. The SMILES string of the molecule is Nc1nc(Br)n(-c2ncnc3c2CCC3)n1. The lowest BCUT2D eigenvalue weighted by Gasteiger charge is -2.05. The molecule has 0 spiro atoms. The van der Waals surface area contributed by atoms with Crippen LogP contribution in [0.25, 0.3) is 5.82 Å². The lowest BCUT2D eigenvalue weighted by molar-refractivity contribution is 0.803. The van der Waals surface area contributed by atoms with E-state index in [0.29, 0.717) is 4.73 Å². The molecule has 0 aromatic carbocycles. The van der Waals surface area contributed by atoms with Gasteiger partial charge in [0, 0.05) is 11.3 Å². The summed E-state index contributed by atoms with van der Waals surface area (Å²) in [5.41, 5.74) is 7.79. The summed E-state index contributed by atoms with van der Waals surface area (Å²) in [6.45, 7) is 0. The van der Waals surface area contributed by atoms with E-state index in [1.54, 1.807) is 11.0 Å². The second-order valence-electron chi connectivity index (χ2n) is 3.63. The van der Waals surface area contributed by atoms with Gasteiger partial charge in [0.25, 0.3) is 0 Å². The molecule has 16 heavy (non-hydrogen) atoms. The highest BCUT2D eigenvalue weighted by molar-refractivity contribution is 9.10. The summed E-state index contributed by atoms with van der Waals surface area (Å²) >= 11 is 3.31. The van der Waals surface area contributed by atoms with E-state index in [-0.39, 0.29) is 5.95 Å². The topological polar surface area (TPSA) is 82.5 Å². The molecule has 1 aliphatic rings. The zero-order valence-electron chi connectivity index (χ0n) is 8.39. The number of aromatic nitrogens is 5. The van der Waals surface area contributed by atoms with Crippen LogP contribution in [0, 0.1) is 0 Å². The van der Waals surface area contributed by atoms with E-state index in [1.807, 2.05) is 0 Å². The summed E-state index contributed by atoms with van der Waals surface area (Å²) in [6, 6.07) is 0. The lowest BCUT2D eigenvalue weighted by Crippen LogP contribution is -2.06. The molecule has 0 aliphatic heterocycles. The molecule has 7 heteroatoms. The Morgan fingerprint density at radius 3 is 2.94 bits per heavy atom. The van der Waals surface area contributed by atoms with Crippen molar-refractivity contribution in [1.29, 1.82) is 0 Å². The van der Waals surface area contributed by atoms with Crippen LogP contribution in [0.4, 0.5) is 5.95 Å². The van der Waals surface area contributed by atoms with Crippen molar-refractivity contribution in [2.45, 2.75) is 19.3 Å². The molecule has 82 valence electrons. The number of hydrogen-bond donors (Lipinski definition) is 1. The molecule has 2 aromatic rings. The predicted octanol–water partition coefficient (Wildman–Crippen LogP) is 0.891. The second kappa shape index (κ2) is 3.51. The maximum atomic E-state index is 5.55. The van der Waals surface area contributed by atoms with Crippen molar-refractivity contribution in [3.05, 3.63) is 22.3 Å². The fraction of sp³-hybridized carbons (Fsp3) is 0.333. The van der Waals surface area contributed by atoms with Crippen LogP contribution in [0.2, 0.25) is 0 Å². The van der Waals surface area contributed by atoms with E-state index < -0.39 is 0 Å². The summed E-state index contributed by atoms with van der Waals surface area (Å²) in [6.07, 6.45) is 4.66. The van der Waals surface area contributed by atoms with Gasteiger partial charge in [-0.2, -0.15) is 9.67 Å². The Morgan fingerprint density at radius 2 is 2.19 bits per heavy atom. The van der Waals surface area contributed by atoms with Crippen molar-refractivity contribution in [1.82, 2.24) is 24.7 Å². The monoisotopic (exact) mass is 280 g/mol. The predicted molar refractivity (Wildman–Crippen MR) is 61.1 cm³/mol. The maximum Gasteiger partial charge on any atom is 0.240 e. The van der Waals surface area contributed by atoms with E-state index in [2.05, 4.69) is 36.0 Å². The third kappa shape index (κ3) is 1.39. The Balaban J connectivity index is 2.20. The van der Waals surface area contributed by atoms with Crippen molar-refractivity contribution >= 4 is 21.9 Å². The fourth-order valence-corrected chi connectivity index (χ4v) is 2.40. The number of rotatable bonds is 1.